The van der Waals surface area contributed by atoms with Gasteiger partial charge in [-0.05, 0) is 41.5 Å². The van der Waals surface area contributed by atoms with Crippen molar-refractivity contribution < 1.29 is 4.42 Å². The van der Waals surface area contributed by atoms with Gasteiger partial charge in [0.1, 0.15) is 5.58 Å². The Bertz CT molecular complexity index is 2710. The van der Waals surface area contributed by atoms with Crippen molar-refractivity contribution in [2.45, 2.75) is 19.3 Å². The number of para-hydroxylation sites is 2. The molecule has 0 radical (unpaired) electrons. The zero-order chi connectivity index (χ0) is 31.3. The Hall–Kier alpha value is -6.00. The molecule has 9 aromatic rings. The van der Waals surface area contributed by atoms with Crippen LogP contribution in [-0.2, 0) is 5.41 Å². The monoisotopic (exact) mass is 603 g/mol. The van der Waals surface area contributed by atoms with Crippen molar-refractivity contribution in [2.24, 2.45) is 0 Å². The molecular weight excluding hydrogens is 574 g/mol. The highest BCUT2D eigenvalue weighted by molar-refractivity contribution is 6.21. The second-order valence-electron chi connectivity index (χ2n) is 13.0. The van der Waals surface area contributed by atoms with Gasteiger partial charge in [0, 0.05) is 49.3 Å². The maximum atomic E-state index is 6.62. The number of benzene rings is 6. The van der Waals surface area contributed by atoms with Gasteiger partial charge in [-0.3, -0.25) is 0 Å². The molecule has 0 saturated carbocycles. The first kappa shape index (κ1) is 26.2. The predicted molar refractivity (Wildman–Crippen MR) is 192 cm³/mol. The molecule has 0 bridgehead atoms. The standard InChI is InChI=1S/C43H29N3O/c1-43(2)34-20-9-6-19-33(34)37-38(44-42(45-41(37)43)26-13-4-3-5-14-26)27-15-12-16-28(25-27)46-35-21-10-7-17-29(35)31-23-24-32-30-18-8-11-22-36(30)47-40(32)39(31)46/h3-25H,1-2H3. The fourth-order valence-electron chi connectivity index (χ4n) is 7.76. The largest absolute Gasteiger partial charge is 0.454 e. The van der Waals surface area contributed by atoms with Gasteiger partial charge in [-0.1, -0.05) is 123 Å². The third-order valence-corrected chi connectivity index (χ3v) is 9.96. The summed E-state index contributed by atoms with van der Waals surface area (Å²) in [5.74, 6) is 0.742. The molecule has 1 aliphatic carbocycles. The van der Waals surface area contributed by atoms with E-state index < -0.39 is 0 Å². The fraction of sp³-hybridized carbons (Fsp3) is 0.0698. The smallest absolute Gasteiger partial charge is 0.160 e. The Balaban J connectivity index is 1.28. The zero-order valence-electron chi connectivity index (χ0n) is 26.0. The molecule has 3 heterocycles. The SMILES string of the molecule is CC1(C)c2ccccc2-c2c(-c3cccc(-n4c5ccccc5c5ccc6c7ccccc7oc6c54)c3)nc(-c3ccccc3)nc21. The number of aromatic nitrogens is 3. The fourth-order valence-corrected chi connectivity index (χ4v) is 7.76. The third-order valence-electron chi connectivity index (χ3n) is 9.96. The molecule has 222 valence electrons. The van der Waals surface area contributed by atoms with E-state index in [1.165, 1.54) is 21.9 Å². The van der Waals surface area contributed by atoms with Crippen molar-refractivity contribution in [3.63, 3.8) is 0 Å². The van der Waals surface area contributed by atoms with E-state index in [-0.39, 0.29) is 5.41 Å². The molecule has 6 aromatic carbocycles. The number of nitrogens with zero attached hydrogens (tertiary/aromatic N) is 3. The molecule has 4 nitrogen and oxygen atoms in total. The summed E-state index contributed by atoms with van der Waals surface area (Å²) in [5.41, 5.74) is 12.5. The van der Waals surface area contributed by atoms with Crippen LogP contribution >= 0.6 is 0 Å². The second kappa shape index (κ2) is 9.51. The van der Waals surface area contributed by atoms with Gasteiger partial charge in [0.25, 0.3) is 0 Å². The first-order chi connectivity index (χ1) is 23.1. The van der Waals surface area contributed by atoms with Crippen LogP contribution in [-0.4, -0.2) is 14.5 Å². The average Bonchev–Trinajstić information content (AvgIpc) is 3.74. The van der Waals surface area contributed by atoms with Gasteiger partial charge in [0.05, 0.1) is 22.4 Å². The number of hydrogen-bond acceptors (Lipinski definition) is 3. The number of hydrogen-bond donors (Lipinski definition) is 0. The molecule has 0 amide bonds. The molecule has 47 heavy (non-hydrogen) atoms. The van der Waals surface area contributed by atoms with E-state index in [2.05, 4.69) is 128 Å². The molecule has 3 aromatic heterocycles. The molecule has 0 unspecified atom stereocenters. The van der Waals surface area contributed by atoms with E-state index in [1.54, 1.807) is 0 Å². The Labute approximate surface area is 271 Å². The van der Waals surface area contributed by atoms with E-state index in [9.17, 15) is 0 Å². The third kappa shape index (κ3) is 3.64. The lowest BCUT2D eigenvalue weighted by Crippen LogP contribution is -2.17. The van der Waals surface area contributed by atoms with Crippen LogP contribution in [0, 0.1) is 0 Å². The van der Waals surface area contributed by atoms with Gasteiger partial charge in [-0.2, -0.15) is 0 Å². The van der Waals surface area contributed by atoms with E-state index >= 15 is 0 Å². The quantitative estimate of drug-likeness (QED) is 0.202. The van der Waals surface area contributed by atoms with Crippen molar-refractivity contribution in [3.8, 4) is 39.5 Å². The molecule has 10 rings (SSSR count). The summed E-state index contributed by atoms with van der Waals surface area (Å²) in [6, 6.07) is 49.2. The van der Waals surface area contributed by atoms with Crippen molar-refractivity contribution in [3.05, 3.63) is 151 Å². The topological polar surface area (TPSA) is 43.9 Å². The molecule has 0 saturated heterocycles. The lowest BCUT2D eigenvalue weighted by atomic mass is 9.85. The molecule has 0 spiro atoms. The van der Waals surface area contributed by atoms with Crippen LogP contribution < -0.4 is 0 Å². The van der Waals surface area contributed by atoms with E-state index in [4.69, 9.17) is 14.4 Å². The second-order valence-corrected chi connectivity index (χ2v) is 13.0. The van der Waals surface area contributed by atoms with Gasteiger partial charge in [-0.25, -0.2) is 9.97 Å². The van der Waals surface area contributed by atoms with Gasteiger partial charge < -0.3 is 8.98 Å². The van der Waals surface area contributed by atoms with Gasteiger partial charge in [-0.15, -0.1) is 0 Å². The Morgan fingerprint density at radius 1 is 0.596 bits per heavy atom. The molecule has 4 heteroatoms. The lowest BCUT2D eigenvalue weighted by molar-refractivity contribution is 0.636. The summed E-state index contributed by atoms with van der Waals surface area (Å²) in [7, 11) is 0. The summed E-state index contributed by atoms with van der Waals surface area (Å²) in [6.45, 7) is 4.55. The van der Waals surface area contributed by atoms with Crippen LogP contribution in [0.2, 0.25) is 0 Å². The summed E-state index contributed by atoms with van der Waals surface area (Å²) >= 11 is 0. The maximum Gasteiger partial charge on any atom is 0.160 e. The van der Waals surface area contributed by atoms with Crippen LogP contribution in [0.15, 0.2) is 144 Å². The van der Waals surface area contributed by atoms with Gasteiger partial charge in [0.15, 0.2) is 11.4 Å². The highest BCUT2D eigenvalue weighted by Crippen LogP contribution is 2.51. The predicted octanol–water partition coefficient (Wildman–Crippen LogP) is 11.1. The number of furan rings is 1. The molecule has 0 aliphatic heterocycles. The summed E-state index contributed by atoms with van der Waals surface area (Å²) in [6.07, 6.45) is 0. The van der Waals surface area contributed by atoms with E-state index in [0.717, 1.165) is 72.6 Å². The van der Waals surface area contributed by atoms with Crippen LogP contribution in [0.1, 0.15) is 25.1 Å². The average molecular weight is 604 g/mol. The number of fused-ring (bicyclic) bond motifs is 10. The van der Waals surface area contributed by atoms with Gasteiger partial charge >= 0.3 is 0 Å². The van der Waals surface area contributed by atoms with Crippen LogP contribution in [0.3, 0.4) is 0 Å². The normalized spacial score (nSPS) is 13.5. The Morgan fingerprint density at radius 2 is 1.32 bits per heavy atom. The first-order valence-electron chi connectivity index (χ1n) is 16.1. The van der Waals surface area contributed by atoms with Crippen molar-refractivity contribution in [1.82, 2.24) is 14.5 Å². The summed E-state index contributed by atoms with van der Waals surface area (Å²) in [5, 5.41) is 4.61. The first-order valence-corrected chi connectivity index (χ1v) is 16.1. The van der Waals surface area contributed by atoms with Crippen LogP contribution in [0.4, 0.5) is 0 Å². The highest BCUT2D eigenvalue weighted by atomic mass is 16.3. The molecular formula is C43H29N3O. The molecule has 1 aliphatic rings. The maximum absolute atomic E-state index is 6.62. The van der Waals surface area contributed by atoms with Crippen molar-refractivity contribution in [2.75, 3.05) is 0 Å². The minimum atomic E-state index is -0.259. The Kier molecular flexibility index (Phi) is 5.31. The minimum absolute atomic E-state index is 0.259. The Morgan fingerprint density at radius 3 is 2.21 bits per heavy atom. The van der Waals surface area contributed by atoms with Crippen molar-refractivity contribution in [1.29, 1.82) is 0 Å². The molecule has 0 N–H and O–H groups in total. The summed E-state index contributed by atoms with van der Waals surface area (Å²) < 4.78 is 8.98. The van der Waals surface area contributed by atoms with Crippen LogP contribution in [0.5, 0.6) is 0 Å². The zero-order valence-corrected chi connectivity index (χ0v) is 26.0. The number of rotatable bonds is 3. The lowest BCUT2D eigenvalue weighted by Gasteiger charge is -2.21. The van der Waals surface area contributed by atoms with Crippen molar-refractivity contribution >= 4 is 43.7 Å². The molecule has 0 atom stereocenters. The van der Waals surface area contributed by atoms with Gasteiger partial charge in [0.2, 0.25) is 0 Å². The van der Waals surface area contributed by atoms with E-state index in [1.807, 2.05) is 30.3 Å². The van der Waals surface area contributed by atoms with E-state index in [0.29, 0.717) is 0 Å². The van der Waals surface area contributed by atoms with Crippen LogP contribution in [0.25, 0.3) is 83.2 Å². The highest BCUT2D eigenvalue weighted by Gasteiger charge is 2.39. The minimum Gasteiger partial charge on any atom is -0.454 e. The summed E-state index contributed by atoms with van der Waals surface area (Å²) in [4.78, 5) is 10.6. The molecule has 0 fully saturated rings.